The fourth-order valence-corrected chi connectivity index (χ4v) is 3.69. The Bertz CT molecular complexity index is 1010. The summed E-state index contributed by atoms with van der Waals surface area (Å²) in [5.41, 5.74) is 1.35. The summed E-state index contributed by atoms with van der Waals surface area (Å²) in [6.07, 6.45) is 1.60. The van der Waals surface area contributed by atoms with Gasteiger partial charge in [-0.05, 0) is 36.4 Å². The highest BCUT2D eigenvalue weighted by Gasteiger charge is 2.24. The Morgan fingerprint density at radius 2 is 1.92 bits per heavy atom. The van der Waals surface area contributed by atoms with Crippen LogP contribution in [0.2, 0.25) is 0 Å². The van der Waals surface area contributed by atoms with Gasteiger partial charge in [0.1, 0.15) is 11.5 Å². The average molecular weight is 364 g/mol. The van der Waals surface area contributed by atoms with Gasteiger partial charge in [-0.1, -0.05) is 35.6 Å². The van der Waals surface area contributed by atoms with Crippen molar-refractivity contribution in [2.75, 3.05) is 12.0 Å². The van der Waals surface area contributed by atoms with Gasteiger partial charge in [-0.3, -0.25) is 9.69 Å². The molecule has 1 amide bonds. The van der Waals surface area contributed by atoms with E-state index in [9.17, 15) is 4.79 Å². The molecule has 0 bridgehead atoms. The number of carbonyl (C=O) groups excluding carboxylic acids is 1. The number of hydrogen-bond acceptors (Lipinski definition) is 5. The highest BCUT2D eigenvalue weighted by molar-refractivity contribution is 7.22. The lowest BCUT2D eigenvalue weighted by Crippen LogP contribution is -2.30. The van der Waals surface area contributed by atoms with E-state index >= 15 is 0 Å². The Hall–Kier alpha value is -3.12. The van der Waals surface area contributed by atoms with Gasteiger partial charge >= 0.3 is 0 Å². The van der Waals surface area contributed by atoms with Crippen LogP contribution in [-0.4, -0.2) is 18.0 Å². The van der Waals surface area contributed by atoms with Crippen LogP contribution in [0.3, 0.4) is 0 Å². The molecule has 0 saturated carbocycles. The number of aromatic nitrogens is 1. The fourth-order valence-electron chi connectivity index (χ4n) is 2.73. The number of ether oxygens (including phenoxy) is 1. The summed E-state index contributed by atoms with van der Waals surface area (Å²) in [4.78, 5) is 19.6. The molecule has 4 aromatic rings. The third-order valence-corrected chi connectivity index (χ3v) is 5.05. The number of amides is 1. The molecule has 0 aliphatic carbocycles. The smallest absolute Gasteiger partial charge is 0.264 e. The summed E-state index contributed by atoms with van der Waals surface area (Å²) in [5.74, 6) is 1.04. The molecule has 5 nitrogen and oxygen atoms in total. The van der Waals surface area contributed by atoms with Crippen LogP contribution in [0, 0.1) is 0 Å². The molecule has 2 heterocycles. The van der Waals surface area contributed by atoms with Crippen molar-refractivity contribution in [1.82, 2.24) is 4.98 Å². The minimum Gasteiger partial charge on any atom is -0.496 e. The Kier molecular flexibility index (Phi) is 4.41. The molecule has 2 aromatic carbocycles. The average Bonchev–Trinajstić information content (AvgIpc) is 3.34. The highest BCUT2D eigenvalue weighted by Crippen LogP contribution is 2.32. The molecular formula is C20H16N2O3S. The summed E-state index contributed by atoms with van der Waals surface area (Å²) in [5, 5.41) is 0.624. The van der Waals surface area contributed by atoms with Crippen molar-refractivity contribution in [3.05, 3.63) is 78.3 Å². The Morgan fingerprint density at radius 1 is 1.12 bits per heavy atom. The molecule has 0 atom stereocenters. The van der Waals surface area contributed by atoms with Crippen molar-refractivity contribution in [2.24, 2.45) is 0 Å². The third-order valence-electron chi connectivity index (χ3n) is 3.99. The molecule has 0 saturated heterocycles. The van der Waals surface area contributed by atoms with Crippen LogP contribution in [-0.2, 0) is 6.54 Å². The molecule has 0 radical (unpaired) electrons. The molecule has 0 aliphatic heterocycles. The van der Waals surface area contributed by atoms with E-state index in [1.807, 2.05) is 42.5 Å². The number of benzene rings is 2. The molecule has 0 unspecified atom stereocenters. The van der Waals surface area contributed by atoms with Gasteiger partial charge in [0, 0.05) is 0 Å². The zero-order valence-electron chi connectivity index (χ0n) is 14.1. The molecule has 0 fully saturated rings. The zero-order chi connectivity index (χ0) is 17.9. The molecule has 0 aliphatic rings. The number of furan rings is 1. The number of methoxy groups -OCH3 is 1. The second kappa shape index (κ2) is 7.01. The van der Waals surface area contributed by atoms with Crippen molar-refractivity contribution in [1.29, 1.82) is 0 Å². The molecule has 0 N–H and O–H groups in total. The lowest BCUT2D eigenvalue weighted by atomic mass is 10.1. The van der Waals surface area contributed by atoms with E-state index in [0.29, 0.717) is 28.7 Å². The molecular weight excluding hydrogens is 348 g/mol. The largest absolute Gasteiger partial charge is 0.496 e. The topological polar surface area (TPSA) is 55.6 Å². The summed E-state index contributed by atoms with van der Waals surface area (Å²) >= 11 is 1.48. The van der Waals surface area contributed by atoms with Crippen molar-refractivity contribution < 1.29 is 13.9 Å². The van der Waals surface area contributed by atoms with Gasteiger partial charge in [-0.15, -0.1) is 0 Å². The van der Waals surface area contributed by atoms with Gasteiger partial charge in [0.15, 0.2) is 5.13 Å². The second-order valence-corrected chi connectivity index (χ2v) is 6.64. The quantitative estimate of drug-likeness (QED) is 0.513. The third kappa shape index (κ3) is 3.07. The van der Waals surface area contributed by atoms with Gasteiger partial charge in [-0.2, -0.15) is 0 Å². The van der Waals surface area contributed by atoms with Crippen LogP contribution < -0.4 is 9.64 Å². The number of hydrogen-bond donors (Lipinski definition) is 0. The lowest BCUT2D eigenvalue weighted by Gasteiger charge is -2.20. The predicted octanol–water partition coefficient (Wildman–Crippen LogP) is 4.74. The number of rotatable bonds is 5. The van der Waals surface area contributed by atoms with Crippen LogP contribution in [0.15, 0.2) is 71.3 Å². The number of carbonyl (C=O) groups is 1. The van der Waals surface area contributed by atoms with E-state index in [2.05, 4.69) is 4.98 Å². The minimum absolute atomic E-state index is 0.182. The Morgan fingerprint density at radius 3 is 2.69 bits per heavy atom. The number of anilines is 1. The van der Waals surface area contributed by atoms with Crippen LogP contribution >= 0.6 is 11.3 Å². The molecule has 6 heteroatoms. The van der Waals surface area contributed by atoms with E-state index < -0.39 is 0 Å². The van der Waals surface area contributed by atoms with E-state index in [-0.39, 0.29) is 5.91 Å². The zero-order valence-corrected chi connectivity index (χ0v) is 14.9. The summed E-state index contributed by atoms with van der Waals surface area (Å²) in [6.45, 7) is 0.295. The minimum atomic E-state index is -0.182. The summed E-state index contributed by atoms with van der Waals surface area (Å²) in [7, 11) is 1.56. The maximum atomic E-state index is 13.3. The Labute approximate surface area is 154 Å². The predicted molar refractivity (Wildman–Crippen MR) is 102 cm³/mol. The van der Waals surface area contributed by atoms with E-state index in [4.69, 9.17) is 9.15 Å². The maximum Gasteiger partial charge on any atom is 0.264 e. The fraction of sp³-hybridized carbons (Fsp3) is 0.100. The van der Waals surface area contributed by atoms with Gasteiger partial charge in [0.2, 0.25) is 0 Å². The standard InChI is InChI=1S/C20H16N2O3S/c1-24-17-10-4-2-8-15(17)19(23)22(13-14-7-6-12-25-14)20-21-16-9-3-5-11-18(16)26-20/h2-12H,13H2,1H3. The second-order valence-electron chi connectivity index (χ2n) is 5.64. The SMILES string of the molecule is COc1ccccc1C(=O)N(Cc1ccco1)c1nc2ccccc2s1. The van der Waals surface area contributed by atoms with E-state index in [0.717, 1.165) is 10.2 Å². The number of nitrogens with zero attached hydrogens (tertiary/aromatic N) is 2. The lowest BCUT2D eigenvalue weighted by molar-refractivity contribution is 0.0980. The number of thiazole rings is 1. The van der Waals surface area contributed by atoms with Crippen molar-refractivity contribution in [2.45, 2.75) is 6.54 Å². The Balaban J connectivity index is 1.78. The van der Waals surface area contributed by atoms with Crippen molar-refractivity contribution >= 4 is 32.6 Å². The number of para-hydroxylation sites is 2. The first-order chi connectivity index (χ1) is 12.8. The van der Waals surface area contributed by atoms with Crippen molar-refractivity contribution in [3.8, 4) is 5.75 Å². The van der Waals surface area contributed by atoms with Gasteiger partial charge in [-0.25, -0.2) is 4.98 Å². The van der Waals surface area contributed by atoms with E-state index in [1.54, 1.807) is 36.5 Å². The molecule has 4 rings (SSSR count). The van der Waals surface area contributed by atoms with Crippen LogP contribution in [0.25, 0.3) is 10.2 Å². The van der Waals surface area contributed by atoms with E-state index in [1.165, 1.54) is 11.3 Å². The molecule has 0 spiro atoms. The molecule has 26 heavy (non-hydrogen) atoms. The first-order valence-corrected chi connectivity index (χ1v) is 8.91. The monoisotopic (exact) mass is 364 g/mol. The van der Waals surface area contributed by atoms with Crippen LogP contribution in [0.5, 0.6) is 5.75 Å². The molecule has 2 aromatic heterocycles. The molecule has 130 valence electrons. The van der Waals surface area contributed by atoms with Crippen molar-refractivity contribution in [3.63, 3.8) is 0 Å². The van der Waals surface area contributed by atoms with Crippen LogP contribution in [0.4, 0.5) is 5.13 Å². The van der Waals surface area contributed by atoms with Gasteiger partial charge in [0.25, 0.3) is 5.91 Å². The maximum absolute atomic E-state index is 13.3. The normalized spacial score (nSPS) is 10.8. The highest BCUT2D eigenvalue weighted by atomic mass is 32.1. The van der Waals surface area contributed by atoms with Gasteiger partial charge < -0.3 is 9.15 Å². The first-order valence-electron chi connectivity index (χ1n) is 8.09. The summed E-state index contributed by atoms with van der Waals surface area (Å²) in [6, 6.07) is 18.7. The number of fused-ring (bicyclic) bond motifs is 1. The van der Waals surface area contributed by atoms with Crippen LogP contribution in [0.1, 0.15) is 16.1 Å². The first kappa shape index (κ1) is 16.4. The van der Waals surface area contributed by atoms with Gasteiger partial charge in [0.05, 0.1) is 35.7 Å². The summed E-state index contributed by atoms with van der Waals surface area (Å²) < 4.78 is 11.8.